The molecule has 2 aromatic rings. The lowest BCUT2D eigenvalue weighted by Gasteiger charge is -2.23. The minimum atomic E-state index is -1.05. The molecule has 1 N–H and O–H groups in total. The van der Waals surface area contributed by atoms with Crippen LogP contribution in [-0.4, -0.2) is 23.8 Å². The minimum absolute atomic E-state index is 0.0703. The number of rotatable bonds is 7. The molecule has 2 aromatic carbocycles. The maximum absolute atomic E-state index is 11.3. The van der Waals surface area contributed by atoms with Gasteiger partial charge >= 0.3 is 5.97 Å². The number of aliphatic hydroxyl groups excluding tert-OH is 1. The predicted molar refractivity (Wildman–Crippen MR) is 88.1 cm³/mol. The second-order valence-electron chi connectivity index (χ2n) is 5.11. The minimum Gasteiger partial charge on any atom is -0.457 e. The second-order valence-corrected chi connectivity index (χ2v) is 5.52. The second kappa shape index (κ2) is 8.67. The first-order valence-electron chi connectivity index (χ1n) is 7.29. The zero-order chi connectivity index (χ0) is 16.7. The van der Waals surface area contributed by atoms with Crippen LogP contribution in [0.15, 0.2) is 54.6 Å². The van der Waals surface area contributed by atoms with E-state index in [0.29, 0.717) is 17.2 Å². The van der Waals surface area contributed by atoms with Gasteiger partial charge in [-0.05, 0) is 11.6 Å². The number of hydrogen-bond donors (Lipinski definition) is 1. The maximum atomic E-state index is 11.3. The molecule has 0 saturated heterocycles. The summed E-state index contributed by atoms with van der Waals surface area (Å²) in [7, 11) is 0. The summed E-state index contributed by atoms with van der Waals surface area (Å²) < 4.78 is 10.8. The van der Waals surface area contributed by atoms with Crippen molar-refractivity contribution >= 4 is 17.6 Å². The molecule has 2 rings (SSSR count). The van der Waals surface area contributed by atoms with Crippen LogP contribution in [0.4, 0.5) is 0 Å². The van der Waals surface area contributed by atoms with Gasteiger partial charge in [-0.1, -0.05) is 60.1 Å². The van der Waals surface area contributed by atoms with Crippen LogP contribution in [0, 0.1) is 0 Å². The Balaban J connectivity index is 2.01. The van der Waals surface area contributed by atoms with E-state index in [1.54, 1.807) is 24.3 Å². The molecule has 0 saturated carbocycles. The molecule has 122 valence electrons. The molecule has 0 amide bonds. The van der Waals surface area contributed by atoms with E-state index in [1.165, 1.54) is 6.92 Å². The molecule has 0 radical (unpaired) electrons. The third-order valence-corrected chi connectivity index (χ3v) is 3.63. The van der Waals surface area contributed by atoms with E-state index in [-0.39, 0.29) is 6.61 Å². The maximum Gasteiger partial charge on any atom is 0.303 e. The van der Waals surface area contributed by atoms with Gasteiger partial charge in [0, 0.05) is 17.5 Å². The summed E-state index contributed by atoms with van der Waals surface area (Å²) in [5.41, 5.74) is 1.50. The van der Waals surface area contributed by atoms with Crippen LogP contribution in [0.2, 0.25) is 5.02 Å². The van der Waals surface area contributed by atoms with E-state index in [0.717, 1.165) is 5.56 Å². The third kappa shape index (κ3) is 5.36. The van der Waals surface area contributed by atoms with Crippen molar-refractivity contribution in [1.82, 2.24) is 0 Å². The van der Waals surface area contributed by atoms with Crippen LogP contribution in [-0.2, 0) is 20.9 Å². The van der Waals surface area contributed by atoms with Crippen molar-refractivity contribution in [2.45, 2.75) is 25.7 Å². The highest BCUT2D eigenvalue weighted by Gasteiger charge is 2.25. The molecule has 0 bridgehead atoms. The summed E-state index contributed by atoms with van der Waals surface area (Å²) in [5.74, 6) is -0.482. The van der Waals surface area contributed by atoms with Crippen LogP contribution in [0.1, 0.15) is 24.2 Å². The van der Waals surface area contributed by atoms with Crippen molar-refractivity contribution in [1.29, 1.82) is 0 Å². The van der Waals surface area contributed by atoms with E-state index < -0.39 is 18.2 Å². The van der Waals surface area contributed by atoms with E-state index >= 15 is 0 Å². The average Bonchev–Trinajstić information content (AvgIpc) is 2.54. The summed E-state index contributed by atoms with van der Waals surface area (Å²) in [6.45, 7) is 1.73. The zero-order valence-corrected chi connectivity index (χ0v) is 13.6. The van der Waals surface area contributed by atoms with Gasteiger partial charge in [0.1, 0.15) is 6.10 Å². The molecule has 0 heterocycles. The van der Waals surface area contributed by atoms with Crippen LogP contribution in [0.5, 0.6) is 0 Å². The van der Waals surface area contributed by atoms with Gasteiger partial charge in [-0.2, -0.15) is 0 Å². The summed E-state index contributed by atoms with van der Waals surface area (Å²) in [4.78, 5) is 11.3. The van der Waals surface area contributed by atoms with Gasteiger partial charge in [0.2, 0.25) is 0 Å². The van der Waals surface area contributed by atoms with Crippen molar-refractivity contribution in [2.75, 3.05) is 6.61 Å². The summed E-state index contributed by atoms with van der Waals surface area (Å²) in [6, 6.07) is 16.5. The van der Waals surface area contributed by atoms with E-state index in [1.807, 2.05) is 30.3 Å². The molecule has 0 fully saturated rings. The molecule has 1 unspecified atom stereocenters. The zero-order valence-electron chi connectivity index (χ0n) is 12.8. The molecule has 0 aromatic heterocycles. The number of esters is 1. The highest BCUT2D eigenvalue weighted by Crippen LogP contribution is 2.26. The molecule has 5 heteroatoms. The molecule has 0 aliphatic carbocycles. The monoisotopic (exact) mass is 334 g/mol. The van der Waals surface area contributed by atoms with Crippen LogP contribution in [0.3, 0.4) is 0 Å². The molecule has 2 atom stereocenters. The normalized spacial score (nSPS) is 13.3. The Bertz CT molecular complexity index is 630. The Hall–Kier alpha value is -1.88. The van der Waals surface area contributed by atoms with Gasteiger partial charge in [0.05, 0.1) is 13.2 Å². The number of carbonyl (C=O) groups excluding carboxylic acids is 1. The van der Waals surface area contributed by atoms with Crippen molar-refractivity contribution in [3.8, 4) is 0 Å². The van der Waals surface area contributed by atoms with Crippen molar-refractivity contribution < 1.29 is 19.4 Å². The average molecular weight is 335 g/mol. The highest BCUT2D eigenvalue weighted by molar-refractivity contribution is 6.31. The Labute approximate surface area is 140 Å². The Kier molecular flexibility index (Phi) is 6.59. The Morgan fingerprint density at radius 2 is 1.78 bits per heavy atom. The van der Waals surface area contributed by atoms with Gasteiger partial charge < -0.3 is 14.6 Å². The third-order valence-electron chi connectivity index (χ3n) is 3.29. The van der Waals surface area contributed by atoms with Crippen molar-refractivity contribution in [3.05, 3.63) is 70.7 Å². The van der Waals surface area contributed by atoms with Crippen molar-refractivity contribution in [3.63, 3.8) is 0 Å². The first kappa shape index (κ1) is 17.5. The smallest absolute Gasteiger partial charge is 0.303 e. The lowest BCUT2D eigenvalue weighted by atomic mass is 10.0. The fraction of sp³-hybridized carbons (Fsp3) is 0.278. The first-order chi connectivity index (χ1) is 11.1. The highest BCUT2D eigenvalue weighted by atomic mass is 35.5. The quantitative estimate of drug-likeness (QED) is 0.787. The molecule has 0 aliphatic heterocycles. The molecular weight excluding hydrogens is 316 g/mol. The fourth-order valence-corrected chi connectivity index (χ4v) is 2.43. The number of ether oxygens (including phenoxy) is 2. The van der Waals surface area contributed by atoms with Gasteiger partial charge in [0.15, 0.2) is 6.10 Å². The predicted octanol–water partition coefficient (Wildman–Crippen LogP) is 3.52. The van der Waals surface area contributed by atoms with Gasteiger partial charge in [-0.25, -0.2) is 0 Å². The topological polar surface area (TPSA) is 55.8 Å². The molecule has 0 aliphatic rings. The van der Waals surface area contributed by atoms with Gasteiger partial charge in [-0.15, -0.1) is 0 Å². The summed E-state index contributed by atoms with van der Waals surface area (Å²) in [6.07, 6.45) is -1.88. The van der Waals surface area contributed by atoms with Gasteiger partial charge in [-0.3, -0.25) is 4.79 Å². The number of benzene rings is 2. The molecule has 4 nitrogen and oxygen atoms in total. The number of halogens is 1. The summed E-state index contributed by atoms with van der Waals surface area (Å²) in [5, 5.41) is 10.9. The van der Waals surface area contributed by atoms with E-state index in [4.69, 9.17) is 21.1 Å². The van der Waals surface area contributed by atoms with E-state index in [9.17, 15) is 9.90 Å². The number of aliphatic hydroxyl groups is 1. The number of hydrogen-bond acceptors (Lipinski definition) is 4. The first-order valence-corrected chi connectivity index (χ1v) is 7.67. The Morgan fingerprint density at radius 3 is 2.43 bits per heavy atom. The lowest BCUT2D eigenvalue weighted by molar-refractivity contribution is -0.158. The molecular formula is C18H19ClO4. The summed E-state index contributed by atoms with van der Waals surface area (Å²) >= 11 is 6.09. The fourth-order valence-electron chi connectivity index (χ4n) is 2.19. The van der Waals surface area contributed by atoms with Crippen molar-refractivity contribution in [2.24, 2.45) is 0 Å². The lowest BCUT2D eigenvalue weighted by Crippen LogP contribution is -2.29. The van der Waals surface area contributed by atoms with Crippen LogP contribution < -0.4 is 0 Å². The van der Waals surface area contributed by atoms with E-state index in [2.05, 4.69) is 0 Å². The number of carbonyl (C=O) groups is 1. The molecule has 23 heavy (non-hydrogen) atoms. The van der Waals surface area contributed by atoms with Gasteiger partial charge in [0.25, 0.3) is 0 Å². The Morgan fingerprint density at radius 1 is 1.13 bits per heavy atom. The van der Waals surface area contributed by atoms with Crippen LogP contribution >= 0.6 is 11.6 Å². The largest absolute Gasteiger partial charge is 0.457 e. The van der Waals surface area contributed by atoms with Crippen LogP contribution in [0.25, 0.3) is 0 Å². The SMILES string of the molecule is CC(=O)OC(COCc1ccccc1)[C@@H](O)c1ccccc1Cl. The molecule has 0 spiro atoms. The standard InChI is InChI=1S/C18H19ClO4/c1-13(20)23-17(12-22-11-14-7-3-2-4-8-14)18(21)15-9-5-6-10-16(15)19/h2-10,17-18,21H,11-12H2,1H3/t17?,18-/m0/s1.